The van der Waals surface area contributed by atoms with Gasteiger partial charge in [-0.15, -0.1) is 0 Å². The number of rotatable bonds is 7. The van der Waals surface area contributed by atoms with E-state index in [0.717, 1.165) is 5.56 Å². The number of aromatic hydroxyl groups is 1. The molecule has 0 radical (unpaired) electrons. The largest absolute Gasteiger partial charge is 0.504 e. The molecule has 1 aliphatic rings. The van der Waals surface area contributed by atoms with Crippen molar-refractivity contribution in [3.63, 3.8) is 0 Å². The van der Waals surface area contributed by atoms with Crippen molar-refractivity contribution in [1.82, 2.24) is 5.32 Å². The Kier molecular flexibility index (Phi) is 6.51. The zero-order chi connectivity index (χ0) is 18.2. The van der Waals surface area contributed by atoms with Gasteiger partial charge in [0.25, 0.3) is 0 Å². The minimum atomic E-state index is -0.183. The molecule has 0 spiro atoms. The molecule has 0 fully saturated rings. The van der Waals surface area contributed by atoms with E-state index in [0.29, 0.717) is 30.9 Å². The number of phenols is 1. The molecular weight excluding hydrogens is 322 g/mol. The van der Waals surface area contributed by atoms with Crippen LogP contribution >= 0.6 is 0 Å². The first-order chi connectivity index (χ1) is 12.0. The van der Waals surface area contributed by atoms with Crippen molar-refractivity contribution in [2.24, 2.45) is 5.92 Å². The molecule has 6 nitrogen and oxygen atoms in total. The molecule has 1 unspecified atom stereocenters. The van der Waals surface area contributed by atoms with Crippen LogP contribution in [-0.2, 0) is 16.0 Å². The average molecular weight is 345 g/mol. The van der Waals surface area contributed by atoms with Gasteiger partial charge in [0.05, 0.1) is 14.2 Å². The number of ether oxygens (including phenoxy) is 2. The smallest absolute Gasteiger partial charge is 0.243 e. The summed E-state index contributed by atoms with van der Waals surface area (Å²) in [6.45, 7) is 0.474. The van der Waals surface area contributed by atoms with E-state index in [4.69, 9.17) is 9.47 Å². The average Bonchev–Trinajstić information content (AvgIpc) is 2.62. The molecule has 0 saturated carbocycles. The fourth-order valence-electron chi connectivity index (χ4n) is 2.49. The monoisotopic (exact) mass is 345 g/mol. The van der Waals surface area contributed by atoms with Crippen LogP contribution in [0.3, 0.4) is 0 Å². The Labute approximate surface area is 147 Å². The molecule has 0 heterocycles. The number of amides is 1. The topological polar surface area (TPSA) is 88.0 Å². The molecule has 1 aliphatic carbocycles. The number of allylic oxidation sites excluding steroid dienone is 4. The molecule has 134 valence electrons. The van der Waals surface area contributed by atoms with Crippen molar-refractivity contribution in [3.8, 4) is 11.5 Å². The summed E-state index contributed by atoms with van der Waals surface area (Å²) in [5.41, 5.74) is 0.958. The number of hydrogen-bond donors (Lipinski definition) is 3. The molecule has 2 rings (SSSR count). The third kappa shape index (κ3) is 5.31. The summed E-state index contributed by atoms with van der Waals surface area (Å²) in [4.78, 5) is 11.9. The number of aliphatic hydroxyl groups is 1. The molecule has 0 aromatic heterocycles. The van der Waals surface area contributed by atoms with Gasteiger partial charge in [0.2, 0.25) is 5.91 Å². The van der Waals surface area contributed by atoms with E-state index in [1.807, 2.05) is 6.08 Å². The highest BCUT2D eigenvalue weighted by Gasteiger charge is 2.14. The number of methoxy groups -OCH3 is 2. The number of hydrogen-bond acceptors (Lipinski definition) is 5. The summed E-state index contributed by atoms with van der Waals surface area (Å²) in [5, 5.41) is 22.0. The zero-order valence-electron chi connectivity index (χ0n) is 14.4. The molecule has 3 N–H and O–H groups in total. The van der Waals surface area contributed by atoms with Crippen LogP contribution in [0.5, 0.6) is 11.5 Å². The van der Waals surface area contributed by atoms with E-state index in [1.165, 1.54) is 20.3 Å². The maximum absolute atomic E-state index is 11.9. The minimum absolute atomic E-state index is 0.0120. The van der Waals surface area contributed by atoms with E-state index in [1.54, 1.807) is 30.4 Å². The van der Waals surface area contributed by atoms with Gasteiger partial charge in [-0.05, 0) is 36.3 Å². The van der Waals surface area contributed by atoms with E-state index >= 15 is 0 Å². The maximum Gasteiger partial charge on any atom is 0.243 e. The van der Waals surface area contributed by atoms with Gasteiger partial charge in [-0.25, -0.2) is 0 Å². The van der Waals surface area contributed by atoms with Crippen LogP contribution in [0.15, 0.2) is 54.0 Å². The summed E-state index contributed by atoms with van der Waals surface area (Å²) < 4.78 is 10.2. The highest BCUT2D eigenvalue weighted by molar-refractivity contribution is 5.87. The summed E-state index contributed by atoms with van der Waals surface area (Å²) in [6.07, 6.45) is 7.82. The number of carbonyl (C=O) groups excluding carboxylic acids is 1. The lowest BCUT2D eigenvalue weighted by atomic mass is 9.98. The quantitative estimate of drug-likeness (QED) is 0.661. The predicted octanol–water partition coefficient (Wildman–Crippen LogP) is 2.61. The van der Waals surface area contributed by atoms with Crippen molar-refractivity contribution in [2.75, 3.05) is 20.8 Å². The lowest BCUT2D eigenvalue weighted by Gasteiger charge is -2.16. The zero-order valence-corrected chi connectivity index (χ0v) is 14.4. The van der Waals surface area contributed by atoms with Crippen LogP contribution in [-0.4, -0.2) is 36.9 Å². The Morgan fingerprint density at radius 3 is 2.84 bits per heavy atom. The van der Waals surface area contributed by atoms with Crippen molar-refractivity contribution in [1.29, 1.82) is 0 Å². The molecule has 6 heteroatoms. The third-order valence-corrected chi connectivity index (χ3v) is 3.91. The third-order valence-electron chi connectivity index (χ3n) is 3.91. The number of phenolic OH excluding ortho intramolecular Hbond substituents is 1. The minimum Gasteiger partial charge on any atom is -0.504 e. The van der Waals surface area contributed by atoms with Gasteiger partial charge in [0.1, 0.15) is 5.76 Å². The molecule has 0 aliphatic heterocycles. The Bertz CT molecular complexity index is 706. The normalized spacial score (nSPS) is 17.0. The first-order valence-electron chi connectivity index (χ1n) is 7.99. The first kappa shape index (κ1) is 18.4. The molecule has 0 saturated heterocycles. The van der Waals surface area contributed by atoms with Gasteiger partial charge in [-0.1, -0.05) is 18.2 Å². The molecule has 25 heavy (non-hydrogen) atoms. The fraction of sp³-hybridized carbons (Fsp3) is 0.316. The second kappa shape index (κ2) is 8.82. The number of benzene rings is 1. The number of carbonyl (C=O) groups is 1. The summed E-state index contributed by atoms with van der Waals surface area (Å²) in [5.74, 6) is 0.974. The molecule has 1 aromatic carbocycles. The SMILES string of the molecule is COC1=C(O)C=CC(/C=C/C(=O)NCCc2ccc(O)c(OC)c2)C1. The molecular formula is C19H23NO5. The van der Waals surface area contributed by atoms with Crippen molar-refractivity contribution in [3.05, 3.63) is 59.6 Å². The van der Waals surface area contributed by atoms with E-state index in [2.05, 4.69) is 5.32 Å². The Hall–Kier alpha value is -2.89. The highest BCUT2D eigenvalue weighted by atomic mass is 16.5. The molecule has 1 atom stereocenters. The second-order valence-electron chi connectivity index (χ2n) is 5.65. The number of nitrogens with one attached hydrogen (secondary N) is 1. The van der Waals surface area contributed by atoms with Gasteiger partial charge in [-0.2, -0.15) is 0 Å². The van der Waals surface area contributed by atoms with Gasteiger partial charge in [0, 0.05) is 18.9 Å². The predicted molar refractivity (Wildman–Crippen MR) is 94.4 cm³/mol. The van der Waals surface area contributed by atoms with Crippen LogP contribution in [0.4, 0.5) is 0 Å². The lowest BCUT2D eigenvalue weighted by molar-refractivity contribution is -0.116. The summed E-state index contributed by atoms with van der Waals surface area (Å²) in [7, 11) is 3.01. The van der Waals surface area contributed by atoms with Gasteiger partial charge in [-0.3, -0.25) is 4.79 Å². The Balaban J connectivity index is 1.79. The van der Waals surface area contributed by atoms with Crippen LogP contribution in [0.25, 0.3) is 0 Å². The first-order valence-corrected chi connectivity index (χ1v) is 7.99. The van der Waals surface area contributed by atoms with Gasteiger partial charge in [0.15, 0.2) is 17.3 Å². The molecule has 1 amide bonds. The van der Waals surface area contributed by atoms with E-state index < -0.39 is 0 Å². The van der Waals surface area contributed by atoms with E-state index in [-0.39, 0.29) is 23.3 Å². The fourth-order valence-corrected chi connectivity index (χ4v) is 2.49. The van der Waals surface area contributed by atoms with Crippen LogP contribution < -0.4 is 10.1 Å². The summed E-state index contributed by atoms with van der Waals surface area (Å²) >= 11 is 0. The summed E-state index contributed by atoms with van der Waals surface area (Å²) in [6, 6.07) is 5.11. The Morgan fingerprint density at radius 1 is 1.32 bits per heavy atom. The molecule has 0 bridgehead atoms. The molecule has 1 aromatic rings. The van der Waals surface area contributed by atoms with Crippen LogP contribution in [0, 0.1) is 5.92 Å². The van der Waals surface area contributed by atoms with Crippen molar-refractivity contribution in [2.45, 2.75) is 12.8 Å². The van der Waals surface area contributed by atoms with E-state index in [9.17, 15) is 15.0 Å². The van der Waals surface area contributed by atoms with Crippen LogP contribution in [0.2, 0.25) is 0 Å². The van der Waals surface area contributed by atoms with Gasteiger partial charge < -0.3 is 25.0 Å². The maximum atomic E-state index is 11.9. The Morgan fingerprint density at radius 2 is 2.12 bits per heavy atom. The lowest BCUT2D eigenvalue weighted by Crippen LogP contribution is -2.23. The standard InChI is InChI=1S/C19H23NO5/c1-24-17-11-13(3-6-15(17)21)5-8-19(23)20-10-9-14-4-7-16(22)18(12-14)25-2/h3-8,12-13,21-22H,9-11H2,1-2H3,(H,20,23)/b8-5+. The number of aliphatic hydroxyl groups excluding tert-OH is 1. The highest BCUT2D eigenvalue weighted by Crippen LogP contribution is 2.26. The van der Waals surface area contributed by atoms with Crippen LogP contribution in [0.1, 0.15) is 12.0 Å². The van der Waals surface area contributed by atoms with Crippen molar-refractivity contribution < 1.29 is 24.5 Å². The van der Waals surface area contributed by atoms with Gasteiger partial charge >= 0.3 is 0 Å². The second-order valence-corrected chi connectivity index (χ2v) is 5.65. The van der Waals surface area contributed by atoms with Crippen molar-refractivity contribution >= 4 is 5.91 Å².